The van der Waals surface area contributed by atoms with Crippen LogP contribution in [0.3, 0.4) is 0 Å². The number of hydrogen-bond donors (Lipinski definition) is 0. The molecule has 9 heterocycles. The smallest absolute Gasteiger partial charge is 0.438 e. The summed E-state index contributed by atoms with van der Waals surface area (Å²) in [4.78, 5) is 35.0. The summed E-state index contributed by atoms with van der Waals surface area (Å²) >= 11 is 18.1. The first kappa shape index (κ1) is 63.1. The second kappa shape index (κ2) is 26.9. The van der Waals surface area contributed by atoms with E-state index in [2.05, 4.69) is 196 Å². The summed E-state index contributed by atoms with van der Waals surface area (Å²) in [5, 5.41) is 3.93. The molecule has 8 aromatic heterocycles. The highest BCUT2D eigenvalue weighted by molar-refractivity contribution is 6.62. The van der Waals surface area contributed by atoms with Crippen molar-refractivity contribution >= 4 is 91.5 Å². The molecule has 1 aliphatic rings. The van der Waals surface area contributed by atoms with Crippen LogP contribution in [0.4, 0.5) is 0 Å². The van der Waals surface area contributed by atoms with Crippen LogP contribution in [-0.2, 0) is 9.31 Å². The maximum atomic E-state index is 6.47. The number of para-hydroxylation sites is 2. The van der Waals surface area contributed by atoms with Gasteiger partial charge >= 0.3 is 7.12 Å². The fourth-order valence-corrected chi connectivity index (χ4v) is 12.7. The molecule has 0 unspecified atom stereocenters. The Bertz CT molecular complexity index is 5320. The van der Waals surface area contributed by atoms with Crippen molar-refractivity contribution in [2.24, 2.45) is 0 Å². The summed E-state index contributed by atoms with van der Waals surface area (Å²) in [6.45, 7) is 8.35. The Morgan fingerprint density at radius 3 is 1.00 bits per heavy atom. The van der Waals surface area contributed by atoms with E-state index in [0.717, 1.165) is 134 Å². The topological polar surface area (TPSA) is 148 Å². The zero-order valence-corrected chi connectivity index (χ0v) is 55.7. The molecule has 12 nitrogen and oxygen atoms in total. The average molecular weight is 1340 g/mol. The number of pyridine rings is 4. The zero-order valence-electron chi connectivity index (χ0n) is 53.5. The van der Waals surface area contributed by atoms with E-state index in [0.29, 0.717) is 22.0 Å². The van der Waals surface area contributed by atoms with Crippen LogP contribution >= 0.6 is 34.8 Å². The van der Waals surface area contributed by atoms with Gasteiger partial charge in [-0.3, -0.25) is 19.9 Å². The van der Waals surface area contributed by atoms with Crippen LogP contribution in [0.1, 0.15) is 27.7 Å². The van der Waals surface area contributed by atoms with Crippen LogP contribution in [0.25, 0.3) is 145 Å². The Hall–Kier alpha value is -11.0. The number of fused-ring (bicyclic) bond motifs is 6. The van der Waals surface area contributed by atoms with E-state index < -0.39 is 18.3 Å². The van der Waals surface area contributed by atoms with Gasteiger partial charge in [-0.25, -0.2) is 9.97 Å². The van der Waals surface area contributed by atoms with Crippen LogP contribution < -0.4 is 5.46 Å². The van der Waals surface area contributed by atoms with E-state index in [-0.39, 0.29) is 10.6 Å². The molecule has 0 bridgehead atoms. The van der Waals surface area contributed by atoms with Crippen molar-refractivity contribution in [1.82, 2.24) is 39.9 Å². The van der Waals surface area contributed by atoms with Gasteiger partial charge in [0, 0.05) is 63.4 Å². The number of aromatic nitrogens is 8. The molecule has 0 saturated carbocycles. The first-order valence-corrected chi connectivity index (χ1v) is 33.0. The van der Waals surface area contributed by atoms with Gasteiger partial charge in [-0.15, -0.1) is 0 Å². The lowest BCUT2D eigenvalue weighted by Crippen LogP contribution is -2.41. The van der Waals surface area contributed by atoms with E-state index in [1.54, 1.807) is 0 Å². The lowest BCUT2D eigenvalue weighted by Gasteiger charge is -2.32. The molecule has 474 valence electrons. The Morgan fingerprint density at radius 1 is 0.306 bits per heavy atom. The zero-order chi connectivity index (χ0) is 66.9. The minimum Gasteiger partial charge on any atom is -0.438 e. The summed E-state index contributed by atoms with van der Waals surface area (Å²) in [6, 6.07) is 86.5. The monoisotopic (exact) mass is 1330 g/mol. The van der Waals surface area contributed by atoms with Gasteiger partial charge in [0.15, 0.2) is 0 Å². The van der Waals surface area contributed by atoms with Gasteiger partial charge in [-0.05, 0) is 186 Å². The third-order valence-electron chi connectivity index (χ3n) is 17.8. The fraction of sp³-hybridized carbons (Fsp3) is 0.0732. The Kier molecular flexibility index (Phi) is 17.3. The normalized spacial score (nSPS) is 13.1. The van der Waals surface area contributed by atoms with Crippen molar-refractivity contribution in [3.05, 3.63) is 295 Å². The van der Waals surface area contributed by atoms with Crippen LogP contribution in [0, 0.1) is 0 Å². The van der Waals surface area contributed by atoms with Crippen molar-refractivity contribution in [3.63, 3.8) is 0 Å². The van der Waals surface area contributed by atoms with E-state index >= 15 is 0 Å². The Labute approximate surface area is 580 Å². The molecule has 0 atom stereocenters. The van der Waals surface area contributed by atoms with E-state index in [1.807, 2.05) is 146 Å². The van der Waals surface area contributed by atoms with E-state index in [9.17, 15) is 0 Å². The molecular weight excluding hydrogens is 1280 g/mol. The van der Waals surface area contributed by atoms with Gasteiger partial charge < -0.3 is 18.1 Å². The molecule has 0 aliphatic carbocycles. The highest BCUT2D eigenvalue weighted by atomic mass is 35.5. The SMILES string of the molecule is CC1(C)OB(c2cc(-c3ccc(-c4ccccn4)cc3)cc(-c3ccc(-c4ccccn4)cc3)c2)OC1(C)C.Clc1nc(-c2cc(-c3ccc(-c4ccccn4)cc3)cc(-c3ccc(-c4ccccn4)cc3)c2)c2c(n1)oc1ccccc12.Clc1nc(Cl)c2c(n1)oc1ccccc12. The van der Waals surface area contributed by atoms with Crippen molar-refractivity contribution in [2.45, 2.75) is 38.9 Å². The maximum Gasteiger partial charge on any atom is 0.494 e. The van der Waals surface area contributed by atoms with Crippen molar-refractivity contribution in [1.29, 1.82) is 0 Å². The van der Waals surface area contributed by atoms with Gasteiger partial charge in [-0.2, -0.15) is 9.97 Å². The van der Waals surface area contributed by atoms with Crippen LogP contribution in [0.2, 0.25) is 15.7 Å². The molecule has 1 saturated heterocycles. The highest BCUT2D eigenvalue weighted by Crippen LogP contribution is 2.42. The molecule has 1 aliphatic heterocycles. The summed E-state index contributed by atoms with van der Waals surface area (Å²) in [7, 11) is -0.450. The fourth-order valence-electron chi connectivity index (χ4n) is 12.0. The Balaban J connectivity index is 0.000000133. The summed E-state index contributed by atoms with van der Waals surface area (Å²) in [5.74, 6) is 0. The quantitative estimate of drug-likeness (QED) is 0.0729. The minimum atomic E-state index is -0.450. The van der Waals surface area contributed by atoms with Gasteiger partial charge in [0.25, 0.3) is 0 Å². The number of halogens is 3. The molecule has 1 fully saturated rings. The van der Waals surface area contributed by atoms with Crippen LogP contribution in [0.5, 0.6) is 0 Å². The van der Waals surface area contributed by atoms with Gasteiger partial charge in [0.05, 0.1) is 50.4 Å². The molecule has 0 radical (unpaired) electrons. The summed E-state index contributed by atoms with van der Waals surface area (Å²) < 4.78 is 24.5. The molecule has 98 heavy (non-hydrogen) atoms. The van der Waals surface area contributed by atoms with Gasteiger partial charge in [0.2, 0.25) is 22.0 Å². The van der Waals surface area contributed by atoms with E-state index in [1.165, 1.54) is 0 Å². The lowest BCUT2D eigenvalue weighted by molar-refractivity contribution is 0.00578. The molecule has 16 aromatic rings. The average Bonchev–Trinajstić information content (AvgIpc) is 1.51. The molecule has 0 spiro atoms. The second-order valence-electron chi connectivity index (χ2n) is 24.6. The third-order valence-corrected chi connectivity index (χ3v) is 18.4. The number of benzene rings is 8. The summed E-state index contributed by atoms with van der Waals surface area (Å²) in [5.41, 5.74) is 21.0. The third kappa shape index (κ3) is 13.1. The number of rotatable bonds is 10. The number of nitrogens with zero attached hydrogens (tertiary/aromatic N) is 8. The van der Waals surface area contributed by atoms with Crippen molar-refractivity contribution in [3.8, 4) is 101 Å². The largest absolute Gasteiger partial charge is 0.494 e. The Morgan fingerprint density at radius 2 is 0.622 bits per heavy atom. The number of hydrogen-bond acceptors (Lipinski definition) is 12. The molecule has 17 rings (SSSR count). The highest BCUT2D eigenvalue weighted by Gasteiger charge is 2.52. The molecule has 8 aromatic carbocycles. The first-order valence-electron chi connectivity index (χ1n) is 31.8. The minimum absolute atomic E-state index is 0.0894. The molecular formula is C82H58BCl3N8O4. The van der Waals surface area contributed by atoms with Crippen LogP contribution in [0.15, 0.2) is 288 Å². The van der Waals surface area contributed by atoms with E-state index in [4.69, 9.17) is 57.9 Å². The molecule has 0 N–H and O–H groups in total. The van der Waals surface area contributed by atoms with Gasteiger partial charge in [-0.1, -0.05) is 181 Å². The van der Waals surface area contributed by atoms with Crippen molar-refractivity contribution < 1.29 is 18.1 Å². The van der Waals surface area contributed by atoms with Crippen LogP contribution in [-0.4, -0.2) is 58.2 Å². The predicted octanol–water partition coefficient (Wildman–Crippen LogP) is 21.3. The second-order valence-corrected chi connectivity index (χ2v) is 25.6. The van der Waals surface area contributed by atoms with Gasteiger partial charge in [0.1, 0.15) is 16.3 Å². The standard InChI is InChI=1S/C38H23ClN4O.C34H31BN2O2.C10H4Cl2N2O/c39-38-42-36(35-31-7-1-2-10-34(31)44-37(35)43-38)30-22-28(24-11-15-26(16-12-24)32-8-3-5-19-40-32)21-29(23-30)25-13-17-27(18-14-25)33-9-4-6-20-41-33;1-33(2)34(3,4)39-35(38-33)30-22-28(24-11-15-26(16-12-24)31-9-5-7-19-36-31)21-29(23-30)25-13-17-27(18-14-25)32-10-6-8-20-37-32;11-8-7-5-3-1-2-4-6(5)15-9(7)14-10(12)13-8/h1-23H;5-23H,1-4H3;1-4H. The summed E-state index contributed by atoms with van der Waals surface area (Å²) in [6.07, 6.45) is 7.27. The van der Waals surface area contributed by atoms with Crippen molar-refractivity contribution in [2.75, 3.05) is 0 Å². The molecule has 0 amide bonds. The predicted molar refractivity (Wildman–Crippen MR) is 396 cm³/mol. The lowest BCUT2D eigenvalue weighted by atomic mass is 9.76. The maximum absolute atomic E-state index is 6.47. The molecule has 16 heteroatoms. The first-order chi connectivity index (χ1) is 47.7. The number of furan rings is 2.